The minimum Gasteiger partial charge on any atom is -0.492 e. The van der Waals surface area contributed by atoms with Gasteiger partial charge in [-0.2, -0.15) is 22.7 Å². The molecule has 2 amide bonds. The Morgan fingerprint density at radius 3 is 2.45 bits per heavy atom. The Morgan fingerprint density at radius 2 is 1.82 bits per heavy atom. The van der Waals surface area contributed by atoms with E-state index in [0.717, 1.165) is 17.7 Å². The molecule has 6 rings (SSSR count). The molecular weight excluding hydrogens is 647 g/mol. The average molecular weight is 682 g/mol. The molecule has 0 saturated carbocycles. The van der Waals surface area contributed by atoms with Crippen molar-refractivity contribution in [3.8, 4) is 5.75 Å². The molecule has 14 nitrogen and oxygen atoms in total. The van der Waals surface area contributed by atoms with Crippen molar-refractivity contribution in [2.75, 3.05) is 56.7 Å². The summed E-state index contributed by atoms with van der Waals surface area (Å²) in [6, 6.07) is 4.14. The summed E-state index contributed by atoms with van der Waals surface area (Å²) in [5.74, 6) is -0.0779. The van der Waals surface area contributed by atoms with Crippen LogP contribution in [0, 0.1) is 6.92 Å². The van der Waals surface area contributed by atoms with Gasteiger partial charge >= 0.3 is 6.18 Å². The van der Waals surface area contributed by atoms with Gasteiger partial charge in [-0.3, -0.25) is 14.4 Å². The number of aromatic nitrogens is 6. The van der Waals surface area contributed by atoms with Crippen molar-refractivity contribution in [1.29, 1.82) is 0 Å². The topological polar surface area (TPSA) is 149 Å². The summed E-state index contributed by atoms with van der Waals surface area (Å²) in [5, 5.41) is 7.20. The average Bonchev–Trinajstić information content (AvgIpc) is 3.55. The summed E-state index contributed by atoms with van der Waals surface area (Å²) < 4.78 is 52.8. The maximum absolute atomic E-state index is 14.2. The Kier molecular flexibility index (Phi) is 9.36. The molecule has 1 N–H and O–H groups in total. The van der Waals surface area contributed by atoms with Crippen LogP contribution in [0.4, 0.5) is 24.5 Å². The summed E-state index contributed by atoms with van der Waals surface area (Å²) in [6.45, 7) is 5.26. The number of anilines is 2. The van der Waals surface area contributed by atoms with Gasteiger partial charge in [-0.25, -0.2) is 9.97 Å². The third-order valence-corrected chi connectivity index (χ3v) is 8.48. The predicted molar refractivity (Wildman–Crippen MR) is 172 cm³/mol. The van der Waals surface area contributed by atoms with E-state index >= 15 is 0 Å². The molecule has 258 valence electrons. The number of benzene rings is 1. The van der Waals surface area contributed by atoms with Crippen molar-refractivity contribution in [3.05, 3.63) is 75.5 Å². The number of halogens is 3. The molecule has 49 heavy (non-hydrogen) atoms. The Labute approximate surface area is 278 Å². The molecular formula is C32H34F3N9O5. The normalized spacial score (nSPS) is 15.3. The second kappa shape index (κ2) is 13.7. The number of aryl methyl sites for hydroxylation is 1. The summed E-state index contributed by atoms with van der Waals surface area (Å²) in [5.41, 5.74) is 1.24. The highest BCUT2D eigenvalue weighted by atomic mass is 19.4. The van der Waals surface area contributed by atoms with Crippen molar-refractivity contribution in [1.82, 2.24) is 34.0 Å². The number of nitrogens with one attached hydrogen (secondary N) is 1. The van der Waals surface area contributed by atoms with Gasteiger partial charge in [0.15, 0.2) is 17.3 Å². The fraction of sp³-hybridized carbons (Fsp3) is 0.406. The maximum atomic E-state index is 14.2. The molecule has 4 aromatic rings. The van der Waals surface area contributed by atoms with Gasteiger partial charge in [-0.1, -0.05) is 13.0 Å². The molecule has 1 saturated heterocycles. The van der Waals surface area contributed by atoms with Crippen LogP contribution in [0.3, 0.4) is 0 Å². The molecule has 1 fully saturated rings. The minimum atomic E-state index is -4.51. The van der Waals surface area contributed by atoms with Gasteiger partial charge < -0.3 is 29.2 Å². The molecule has 0 radical (unpaired) electrons. The van der Waals surface area contributed by atoms with Gasteiger partial charge in [-0.15, -0.1) is 5.10 Å². The molecule has 2 aliphatic heterocycles. The number of hydrogen-bond acceptors (Lipinski definition) is 10. The van der Waals surface area contributed by atoms with Crippen LogP contribution in [0.5, 0.6) is 5.75 Å². The van der Waals surface area contributed by atoms with E-state index in [0.29, 0.717) is 67.8 Å². The van der Waals surface area contributed by atoms with Gasteiger partial charge in [0.1, 0.15) is 18.6 Å². The Hall–Kier alpha value is -5.32. The van der Waals surface area contributed by atoms with E-state index in [1.807, 2.05) is 17.9 Å². The van der Waals surface area contributed by atoms with Crippen LogP contribution in [0.15, 0.2) is 41.5 Å². The van der Waals surface area contributed by atoms with Crippen LogP contribution in [0.2, 0.25) is 0 Å². The zero-order chi connectivity index (χ0) is 34.9. The first-order valence-electron chi connectivity index (χ1n) is 15.7. The van der Waals surface area contributed by atoms with Gasteiger partial charge in [0.2, 0.25) is 11.7 Å². The van der Waals surface area contributed by atoms with Crippen molar-refractivity contribution < 1.29 is 32.2 Å². The molecule has 17 heteroatoms. The van der Waals surface area contributed by atoms with Gasteiger partial charge in [0.05, 0.1) is 37.3 Å². The third-order valence-electron chi connectivity index (χ3n) is 8.48. The smallest absolute Gasteiger partial charge is 0.416 e. The van der Waals surface area contributed by atoms with Crippen LogP contribution in [0.1, 0.15) is 46.6 Å². The lowest BCUT2D eigenvalue weighted by Gasteiger charge is -2.36. The second-order valence-electron chi connectivity index (χ2n) is 11.5. The highest BCUT2D eigenvalue weighted by Crippen LogP contribution is 2.30. The van der Waals surface area contributed by atoms with E-state index in [1.54, 1.807) is 16.4 Å². The number of amides is 2. The Balaban J connectivity index is 1.33. The summed E-state index contributed by atoms with van der Waals surface area (Å²) >= 11 is 0. The molecule has 0 aliphatic carbocycles. The maximum Gasteiger partial charge on any atom is 0.416 e. The van der Waals surface area contributed by atoms with Crippen LogP contribution >= 0.6 is 0 Å². The molecule has 3 aromatic heterocycles. The standard InChI is InChI=1S/C32H34F3N9O5/c1-4-23-26(41-11-13-42(14-12-41)29(46)25-27(48-3)19(2)36-18-37-25)30(47)44-31(39-28(40-44)20-9-15-49-16-10-20)43(23)17-24(45)38-22-7-5-21(6-8-22)32(33,34)35/h5-9,18H,4,10-17H2,1-3H3,(H,38,45). The van der Waals surface area contributed by atoms with E-state index in [1.165, 1.54) is 30.1 Å². The molecule has 0 spiro atoms. The highest BCUT2D eigenvalue weighted by Gasteiger charge is 2.32. The lowest BCUT2D eigenvalue weighted by molar-refractivity contribution is -0.137. The van der Waals surface area contributed by atoms with Crippen molar-refractivity contribution in [2.24, 2.45) is 0 Å². The first-order chi connectivity index (χ1) is 23.5. The van der Waals surface area contributed by atoms with Crippen LogP contribution in [-0.4, -0.2) is 92.3 Å². The number of piperazine rings is 1. The summed E-state index contributed by atoms with van der Waals surface area (Å²) in [6.07, 6.45) is -0.481. The van der Waals surface area contributed by atoms with E-state index in [2.05, 4.69) is 25.4 Å². The number of nitrogens with zero attached hydrogens (tertiary/aromatic N) is 8. The lowest BCUT2D eigenvalue weighted by Crippen LogP contribution is -2.51. The Morgan fingerprint density at radius 1 is 1.08 bits per heavy atom. The first kappa shape index (κ1) is 33.6. The van der Waals surface area contributed by atoms with Crippen LogP contribution in [-0.2, 0) is 28.7 Å². The summed E-state index contributed by atoms with van der Waals surface area (Å²) in [4.78, 5) is 57.4. The number of methoxy groups -OCH3 is 1. The minimum absolute atomic E-state index is 0.149. The van der Waals surface area contributed by atoms with E-state index in [4.69, 9.17) is 9.47 Å². The van der Waals surface area contributed by atoms with E-state index in [9.17, 15) is 27.6 Å². The second-order valence-corrected chi connectivity index (χ2v) is 11.5. The SMILES string of the molecule is CCc1c(N2CCN(C(=O)c3ncnc(C)c3OC)CC2)c(=O)n2nc(C3=CCOCC3)nc2n1CC(=O)Nc1ccc(C(F)(F)F)cc1. The molecule has 5 heterocycles. The summed E-state index contributed by atoms with van der Waals surface area (Å²) in [7, 11) is 1.45. The predicted octanol–water partition coefficient (Wildman–Crippen LogP) is 2.98. The van der Waals surface area contributed by atoms with E-state index < -0.39 is 23.2 Å². The van der Waals surface area contributed by atoms with Crippen molar-refractivity contribution in [3.63, 3.8) is 0 Å². The number of alkyl halides is 3. The number of rotatable bonds is 8. The van der Waals surface area contributed by atoms with Crippen LogP contribution in [0.25, 0.3) is 11.4 Å². The number of hydrogen-bond donors (Lipinski definition) is 1. The zero-order valence-electron chi connectivity index (χ0n) is 27.1. The number of ether oxygens (including phenoxy) is 2. The zero-order valence-corrected chi connectivity index (χ0v) is 27.1. The molecule has 0 bridgehead atoms. The van der Waals surface area contributed by atoms with Gasteiger partial charge in [0, 0.05) is 31.9 Å². The monoisotopic (exact) mass is 681 g/mol. The molecule has 1 aromatic carbocycles. The van der Waals surface area contributed by atoms with Gasteiger partial charge in [-0.05, 0) is 49.6 Å². The number of fused-ring (bicyclic) bond motifs is 1. The quantitative estimate of drug-likeness (QED) is 0.294. The number of carbonyl (C=O) groups excluding carboxylic acids is 2. The van der Waals surface area contributed by atoms with Gasteiger partial charge in [0.25, 0.3) is 11.5 Å². The molecule has 2 aliphatic rings. The highest BCUT2D eigenvalue weighted by molar-refractivity contribution is 5.95. The first-order valence-corrected chi connectivity index (χ1v) is 15.7. The lowest BCUT2D eigenvalue weighted by atomic mass is 10.1. The van der Waals surface area contributed by atoms with Crippen molar-refractivity contribution >= 4 is 34.5 Å². The molecule has 0 atom stereocenters. The fourth-order valence-corrected chi connectivity index (χ4v) is 6.02. The fourth-order valence-electron chi connectivity index (χ4n) is 6.02. The molecule has 0 unspecified atom stereocenters. The van der Waals surface area contributed by atoms with Crippen molar-refractivity contribution in [2.45, 2.75) is 39.4 Å². The van der Waals surface area contributed by atoms with E-state index in [-0.39, 0.29) is 42.7 Å². The van der Waals surface area contributed by atoms with Crippen LogP contribution < -0.4 is 20.5 Å². The third kappa shape index (κ3) is 6.70. The Bertz CT molecular complexity index is 1980. The number of carbonyl (C=O) groups is 2. The largest absolute Gasteiger partial charge is 0.492 e.